The lowest BCUT2D eigenvalue weighted by atomic mass is 9.32. The molecule has 0 radical (unpaired) electrons. The molecular formula is C58H70O9. The van der Waals surface area contributed by atoms with Crippen molar-refractivity contribution < 1.29 is 43.9 Å². The molecule has 5 aliphatic carbocycles. The Hall–Kier alpha value is -5.09. The molecule has 0 saturated heterocycles. The van der Waals surface area contributed by atoms with Gasteiger partial charge in [-0.1, -0.05) is 143 Å². The van der Waals surface area contributed by atoms with Crippen LogP contribution in [0.5, 0.6) is 0 Å². The highest BCUT2D eigenvalue weighted by atomic mass is 16.6. The number of ether oxygens (including phenoxy) is 3. The first-order valence-electron chi connectivity index (χ1n) is 24.3. The second-order valence-electron chi connectivity index (χ2n) is 21.8. The van der Waals surface area contributed by atoms with E-state index in [-0.39, 0.29) is 43.3 Å². The molecule has 0 aliphatic heterocycles. The van der Waals surface area contributed by atoms with Crippen LogP contribution in [0.25, 0.3) is 12.2 Å². The number of carbonyl (C=O) groups is 3. The molecule has 3 unspecified atom stereocenters. The van der Waals surface area contributed by atoms with Crippen molar-refractivity contribution in [3.8, 4) is 0 Å². The van der Waals surface area contributed by atoms with Gasteiger partial charge in [0.1, 0.15) is 18.8 Å². The summed E-state index contributed by atoms with van der Waals surface area (Å²) in [5.74, 6) is -1.87. The summed E-state index contributed by atoms with van der Waals surface area (Å²) in [6.07, 6.45) is 11.4. The first-order chi connectivity index (χ1) is 31.9. The highest BCUT2D eigenvalue weighted by Crippen LogP contribution is 2.76. The van der Waals surface area contributed by atoms with Gasteiger partial charge in [-0.2, -0.15) is 0 Å². The lowest BCUT2D eigenvalue weighted by molar-refractivity contribution is -0.262. The van der Waals surface area contributed by atoms with Gasteiger partial charge in [-0.15, -0.1) is 6.58 Å². The molecular weight excluding hydrogens is 841 g/mol. The second-order valence-corrected chi connectivity index (χ2v) is 21.8. The Balaban J connectivity index is 1.11. The maximum Gasteiger partial charge on any atom is 0.330 e. The highest BCUT2D eigenvalue weighted by molar-refractivity contribution is 5.87. The molecule has 12 atom stereocenters. The number of rotatable bonds is 13. The number of aryl methyl sites for hydroxylation is 1. The smallest absolute Gasteiger partial charge is 0.330 e. The number of esters is 3. The number of aliphatic hydroxyl groups excluding tert-OH is 3. The van der Waals surface area contributed by atoms with Gasteiger partial charge in [0.15, 0.2) is 0 Å². The molecule has 0 bridgehead atoms. The Morgan fingerprint density at radius 2 is 1.30 bits per heavy atom. The molecule has 3 N–H and O–H groups in total. The molecule has 5 aliphatic rings. The fraction of sp³-hybridized carbons (Fsp3) is 0.500. The van der Waals surface area contributed by atoms with Gasteiger partial charge < -0.3 is 29.5 Å². The van der Waals surface area contributed by atoms with Crippen molar-refractivity contribution in [1.82, 2.24) is 0 Å². The zero-order valence-electron chi connectivity index (χ0n) is 39.9. The Kier molecular flexibility index (Phi) is 13.6. The van der Waals surface area contributed by atoms with E-state index in [0.717, 1.165) is 41.5 Å². The number of aliphatic hydroxyl groups is 3. The fourth-order valence-electron chi connectivity index (χ4n) is 14.1. The molecule has 67 heavy (non-hydrogen) atoms. The number of hydrogen-bond donors (Lipinski definition) is 3. The number of carbonyl (C=O) groups excluding carboxylic acids is 3. The standard InChI is InChI=1S/C58H70O9/c1-7-57-34-32-46(59)54(4,37-65-48(61)28-23-39-17-11-8-12-18-39)44(57)31-33-55(5)45(57)27-26-42-43-35-53(2,3)52(67-50(63)30-25-41-21-15-10-16-22-41)51(64)58(43,47(60)36-56(42,55)6)38-66-49(62)29-24-40-19-13-9-14-20-40/h7-24,26,28-29,43-47,51-52,59-60,64H,1,25,27,30-38H2,2-6H3/b28-23+,29-24+/t43?,44?,45?,46-,47+,51-,52-,54+,55+,56+,57-,58-/m0/s1. The molecule has 9 nitrogen and oxygen atoms in total. The molecule has 4 fully saturated rings. The van der Waals surface area contributed by atoms with Crippen LogP contribution in [0.1, 0.15) is 103 Å². The molecule has 356 valence electrons. The maximum absolute atomic E-state index is 13.7. The van der Waals surface area contributed by atoms with Crippen LogP contribution in [0, 0.1) is 50.2 Å². The minimum atomic E-state index is -1.38. The summed E-state index contributed by atoms with van der Waals surface area (Å²) in [6.45, 7) is 15.1. The van der Waals surface area contributed by atoms with Crippen LogP contribution in [-0.2, 0) is 35.0 Å². The second kappa shape index (κ2) is 18.8. The molecule has 0 heterocycles. The van der Waals surface area contributed by atoms with Gasteiger partial charge in [0.25, 0.3) is 0 Å². The van der Waals surface area contributed by atoms with Crippen molar-refractivity contribution in [2.45, 2.75) is 117 Å². The predicted octanol–water partition coefficient (Wildman–Crippen LogP) is 9.90. The van der Waals surface area contributed by atoms with Gasteiger partial charge in [-0.05, 0) is 114 Å². The normalized spacial score (nSPS) is 36.4. The van der Waals surface area contributed by atoms with Gasteiger partial charge in [0.2, 0.25) is 0 Å². The Bertz CT molecular complexity index is 2370. The van der Waals surface area contributed by atoms with Crippen molar-refractivity contribution in [2.24, 2.45) is 50.2 Å². The van der Waals surface area contributed by atoms with E-state index in [9.17, 15) is 29.7 Å². The third-order valence-corrected chi connectivity index (χ3v) is 18.0. The Morgan fingerprint density at radius 3 is 1.90 bits per heavy atom. The monoisotopic (exact) mass is 911 g/mol. The molecule has 9 heteroatoms. The third-order valence-electron chi connectivity index (χ3n) is 18.0. The average Bonchev–Trinajstić information content (AvgIpc) is 3.32. The minimum absolute atomic E-state index is 0.0347. The van der Waals surface area contributed by atoms with E-state index >= 15 is 0 Å². The van der Waals surface area contributed by atoms with E-state index in [4.69, 9.17) is 14.2 Å². The van der Waals surface area contributed by atoms with Crippen LogP contribution in [0.15, 0.2) is 127 Å². The molecule has 8 rings (SSSR count). The van der Waals surface area contributed by atoms with E-state index in [1.54, 1.807) is 12.2 Å². The van der Waals surface area contributed by atoms with Gasteiger partial charge in [0, 0.05) is 29.4 Å². The third kappa shape index (κ3) is 8.59. The number of allylic oxidation sites excluding steroid dienone is 3. The summed E-state index contributed by atoms with van der Waals surface area (Å²) >= 11 is 0. The predicted molar refractivity (Wildman–Crippen MR) is 260 cm³/mol. The van der Waals surface area contributed by atoms with E-state index in [2.05, 4.69) is 39.5 Å². The summed E-state index contributed by atoms with van der Waals surface area (Å²) in [5.41, 5.74) is -0.307. The van der Waals surface area contributed by atoms with E-state index in [0.29, 0.717) is 25.7 Å². The number of hydrogen-bond acceptors (Lipinski definition) is 9. The largest absolute Gasteiger partial charge is 0.462 e. The molecule has 0 amide bonds. The molecule has 3 aromatic rings. The SMILES string of the molecule is C=C[C@]12CC[C@H](O)[C@](C)(COC(=O)/C=C/c3ccccc3)C1CC[C@]1(C)C2CC=C2C3CC(C)(C)[C@@H](OC(=O)CCc4ccccc4)[C@H](O)[C@]3(COC(=O)/C=C/c3ccccc3)[C@H](O)C[C@]21C. The van der Waals surface area contributed by atoms with E-state index < -0.39 is 75.3 Å². The highest BCUT2D eigenvalue weighted by Gasteiger charge is 2.73. The van der Waals surface area contributed by atoms with Gasteiger partial charge in [0.05, 0.1) is 24.2 Å². The van der Waals surface area contributed by atoms with Gasteiger partial charge >= 0.3 is 17.9 Å². The summed E-state index contributed by atoms with van der Waals surface area (Å²) < 4.78 is 18.4. The number of benzene rings is 3. The topological polar surface area (TPSA) is 140 Å². The maximum atomic E-state index is 13.7. The minimum Gasteiger partial charge on any atom is -0.462 e. The zero-order chi connectivity index (χ0) is 47.8. The van der Waals surface area contributed by atoms with Crippen LogP contribution in [0.2, 0.25) is 0 Å². The van der Waals surface area contributed by atoms with Crippen LogP contribution in [0.4, 0.5) is 0 Å². The van der Waals surface area contributed by atoms with Crippen molar-refractivity contribution in [3.05, 3.63) is 144 Å². The van der Waals surface area contributed by atoms with E-state index in [1.165, 1.54) is 12.2 Å². The molecule has 0 spiro atoms. The molecule has 0 aromatic heterocycles. The molecule has 4 saturated carbocycles. The summed E-state index contributed by atoms with van der Waals surface area (Å²) in [4.78, 5) is 40.4. The quantitative estimate of drug-likeness (QED) is 0.0662. The summed E-state index contributed by atoms with van der Waals surface area (Å²) in [7, 11) is 0. The average molecular weight is 911 g/mol. The van der Waals surface area contributed by atoms with Crippen LogP contribution in [0.3, 0.4) is 0 Å². The first-order valence-corrected chi connectivity index (χ1v) is 24.3. The van der Waals surface area contributed by atoms with Crippen molar-refractivity contribution in [2.75, 3.05) is 13.2 Å². The summed E-state index contributed by atoms with van der Waals surface area (Å²) in [5, 5.41) is 37.7. The van der Waals surface area contributed by atoms with E-state index in [1.807, 2.05) is 105 Å². The van der Waals surface area contributed by atoms with Crippen molar-refractivity contribution in [3.63, 3.8) is 0 Å². The van der Waals surface area contributed by atoms with Crippen LogP contribution >= 0.6 is 0 Å². The Labute approximate surface area is 397 Å². The fourth-order valence-corrected chi connectivity index (χ4v) is 14.1. The Morgan fingerprint density at radius 1 is 0.716 bits per heavy atom. The summed E-state index contributed by atoms with van der Waals surface area (Å²) in [6, 6.07) is 28.8. The van der Waals surface area contributed by atoms with Crippen molar-refractivity contribution in [1.29, 1.82) is 0 Å². The van der Waals surface area contributed by atoms with Gasteiger partial charge in [-0.25, -0.2) is 9.59 Å². The van der Waals surface area contributed by atoms with Crippen LogP contribution in [-0.4, -0.2) is 70.9 Å². The lowest BCUT2D eigenvalue weighted by Crippen LogP contribution is -2.72. The zero-order valence-corrected chi connectivity index (χ0v) is 39.9. The van der Waals surface area contributed by atoms with Crippen molar-refractivity contribution >= 4 is 30.1 Å². The van der Waals surface area contributed by atoms with Crippen LogP contribution < -0.4 is 0 Å². The molecule has 3 aromatic carbocycles. The van der Waals surface area contributed by atoms with Gasteiger partial charge in [-0.3, -0.25) is 4.79 Å². The number of fused-ring (bicyclic) bond motifs is 7. The first kappa shape index (κ1) is 48.4. The lowest BCUT2D eigenvalue weighted by Gasteiger charge is -2.72.